The molecule has 1 amide bonds. The Hall–Kier alpha value is -1.55. The highest BCUT2D eigenvalue weighted by Gasteiger charge is 2.35. The van der Waals surface area contributed by atoms with Gasteiger partial charge >= 0.3 is 0 Å². The zero-order valence-corrected chi connectivity index (χ0v) is 13.9. The number of carbonyl (C=O) groups excluding carboxylic acids is 1. The molecule has 2 fully saturated rings. The Morgan fingerprint density at radius 1 is 1.17 bits per heavy atom. The fourth-order valence-electron chi connectivity index (χ4n) is 3.92. The summed E-state index contributed by atoms with van der Waals surface area (Å²) in [7, 11) is 1.68. The molecule has 126 valence electrons. The summed E-state index contributed by atoms with van der Waals surface area (Å²) < 4.78 is 5.19. The van der Waals surface area contributed by atoms with Gasteiger partial charge in [0.15, 0.2) is 0 Å². The molecule has 1 aromatic carbocycles. The number of ether oxygens (including phenoxy) is 1. The Balaban J connectivity index is 1.49. The van der Waals surface area contributed by atoms with Crippen LogP contribution in [0.25, 0.3) is 0 Å². The molecular weight excluding hydrogens is 290 g/mol. The summed E-state index contributed by atoms with van der Waals surface area (Å²) in [6.07, 6.45) is 5.38. The molecule has 1 aliphatic heterocycles. The van der Waals surface area contributed by atoms with Crippen LogP contribution >= 0.6 is 0 Å². The molecule has 1 aromatic rings. The number of benzene rings is 1. The number of aliphatic hydroxyl groups is 1. The third-order valence-electron chi connectivity index (χ3n) is 5.41. The van der Waals surface area contributed by atoms with Crippen molar-refractivity contribution < 1.29 is 14.6 Å². The van der Waals surface area contributed by atoms with Gasteiger partial charge in [-0.05, 0) is 62.1 Å². The monoisotopic (exact) mass is 317 g/mol. The number of carbonyl (C=O) groups is 1. The standard InChI is InChI=1S/C19H27NO3/c1-23-16-7-5-14(6-8-16)13-15-9-11-20(12-10-15)19(22)17-3-2-4-18(17)21/h5-8,15,17-18,21H,2-4,9-13H2,1H3. The van der Waals surface area contributed by atoms with E-state index < -0.39 is 6.10 Å². The van der Waals surface area contributed by atoms with Crippen LogP contribution in [0.2, 0.25) is 0 Å². The molecule has 2 unspecified atom stereocenters. The van der Waals surface area contributed by atoms with E-state index in [1.54, 1.807) is 7.11 Å². The Kier molecular flexibility index (Phi) is 5.21. The van der Waals surface area contributed by atoms with Gasteiger partial charge in [0.05, 0.1) is 19.1 Å². The zero-order chi connectivity index (χ0) is 16.2. The van der Waals surface area contributed by atoms with Crippen LogP contribution in [0.3, 0.4) is 0 Å². The predicted molar refractivity (Wildman–Crippen MR) is 89.3 cm³/mol. The first-order valence-electron chi connectivity index (χ1n) is 8.77. The Morgan fingerprint density at radius 3 is 2.43 bits per heavy atom. The van der Waals surface area contributed by atoms with E-state index in [-0.39, 0.29) is 11.8 Å². The summed E-state index contributed by atoms with van der Waals surface area (Å²) in [4.78, 5) is 14.5. The smallest absolute Gasteiger partial charge is 0.228 e. The molecule has 2 atom stereocenters. The number of rotatable bonds is 4. The number of methoxy groups -OCH3 is 1. The molecule has 1 heterocycles. The molecule has 3 rings (SSSR count). The number of aliphatic hydroxyl groups excluding tert-OH is 1. The largest absolute Gasteiger partial charge is 0.497 e. The summed E-state index contributed by atoms with van der Waals surface area (Å²) in [5.74, 6) is 1.57. The van der Waals surface area contributed by atoms with Crippen molar-refractivity contribution >= 4 is 5.91 Å². The molecule has 4 nitrogen and oxygen atoms in total. The van der Waals surface area contributed by atoms with Crippen molar-refractivity contribution in [1.82, 2.24) is 4.90 Å². The first kappa shape index (κ1) is 16.3. The minimum atomic E-state index is -0.417. The van der Waals surface area contributed by atoms with Gasteiger partial charge in [0.25, 0.3) is 0 Å². The van der Waals surface area contributed by atoms with Crippen LogP contribution in [-0.4, -0.2) is 42.2 Å². The lowest BCUT2D eigenvalue weighted by Crippen LogP contribution is -2.43. The number of nitrogens with zero attached hydrogens (tertiary/aromatic N) is 1. The molecule has 0 aromatic heterocycles. The predicted octanol–water partition coefficient (Wildman–Crippen LogP) is 2.64. The Morgan fingerprint density at radius 2 is 1.87 bits per heavy atom. The Labute approximate surface area is 138 Å². The fraction of sp³-hybridized carbons (Fsp3) is 0.632. The van der Waals surface area contributed by atoms with E-state index in [1.165, 1.54) is 5.56 Å². The van der Waals surface area contributed by atoms with Gasteiger partial charge in [-0.2, -0.15) is 0 Å². The van der Waals surface area contributed by atoms with Crippen LogP contribution in [0.15, 0.2) is 24.3 Å². The summed E-state index contributed by atoms with van der Waals surface area (Å²) in [6.45, 7) is 1.67. The number of piperidine rings is 1. The lowest BCUT2D eigenvalue weighted by atomic mass is 9.89. The van der Waals surface area contributed by atoms with Crippen LogP contribution in [0.5, 0.6) is 5.75 Å². The highest BCUT2D eigenvalue weighted by Crippen LogP contribution is 2.30. The van der Waals surface area contributed by atoms with Gasteiger partial charge < -0.3 is 14.7 Å². The highest BCUT2D eigenvalue weighted by molar-refractivity contribution is 5.79. The summed E-state index contributed by atoms with van der Waals surface area (Å²) in [6, 6.07) is 8.28. The highest BCUT2D eigenvalue weighted by atomic mass is 16.5. The number of amides is 1. The van der Waals surface area contributed by atoms with Crippen molar-refractivity contribution in [2.24, 2.45) is 11.8 Å². The molecule has 0 radical (unpaired) electrons. The molecule has 4 heteroatoms. The van der Waals surface area contributed by atoms with Gasteiger partial charge in [-0.3, -0.25) is 4.79 Å². The lowest BCUT2D eigenvalue weighted by molar-refractivity contribution is -0.139. The van der Waals surface area contributed by atoms with Gasteiger partial charge in [-0.25, -0.2) is 0 Å². The van der Waals surface area contributed by atoms with Crippen LogP contribution in [-0.2, 0) is 11.2 Å². The minimum Gasteiger partial charge on any atom is -0.497 e. The van der Waals surface area contributed by atoms with Crippen molar-refractivity contribution in [3.8, 4) is 5.75 Å². The van der Waals surface area contributed by atoms with Crippen molar-refractivity contribution in [1.29, 1.82) is 0 Å². The zero-order valence-electron chi connectivity index (χ0n) is 13.9. The lowest BCUT2D eigenvalue weighted by Gasteiger charge is -2.34. The number of hydrogen-bond acceptors (Lipinski definition) is 3. The van der Waals surface area contributed by atoms with Crippen LogP contribution in [0.1, 0.15) is 37.7 Å². The molecule has 0 bridgehead atoms. The van der Waals surface area contributed by atoms with Crippen LogP contribution < -0.4 is 4.74 Å². The van der Waals surface area contributed by atoms with Crippen LogP contribution in [0.4, 0.5) is 0 Å². The maximum atomic E-state index is 12.5. The van der Waals surface area contributed by atoms with Gasteiger partial charge in [-0.15, -0.1) is 0 Å². The van der Waals surface area contributed by atoms with E-state index in [1.807, 2.05) is 17.0 Å². The molecular formula is C19H27NO3. The third kappa shape index (κ3) is 3.86. The SMILES string of the molecule is COc1ccc(CC2CCN(C(=O)C3CCCC3O)CC2)cc1. The van der Waals surface area contributed by atoms with Crippen molar-refractivity contribution in [3.05, 3.63) is 29.8 Å². The summed E-state index contributed by atoms with van der Waals surface area (Å²) in [5, 5.41) is 9.92. The average Bonchev–Trinajstić information content (AvgIpc) is 3.02. The van der Waals surface area contributed by atoms with E-state index in [0.717, 1.165) is 57.4 Å². The summed E-state index contributed by atoms with van der Waals surface area (Å²) in [5.41, 5.74) is 1.33. The average molecular weight is 317 g/mol. The van der Waals surface area contributed by atoms with E-state index in [4.69, 9.17) is 4.74 Å². The van der Waals surface area contributed by atoms with E-state index in [2.05, 4.69) is 12.1 Å². The third-order valence-corrected chi connectivity index (χ3v) is 5.41. The molecule has 1 saturated heterocycles. The number of likely N-dealkylation sites (tertiary alicyclic amines) is 1. The summed E-state index contributed by atoms with van der Waals surface area (Å²) >= 11 is 0. The second-order valence-electron chi connectivity index (χ2n) is 6.93. The molecule has 23 heavy (non-hydrogen) atoms. The topological polar surface area (TPSA) is 49.8 Å². The van der Waals surface area contributed by atoms with Gasteiger partial charge in [0, 0.05) is 13.1 Å². The van der Waals surface area contributed by atoms with Crippen molar-refractivity contribution in [2.45, 2.75) is 44.6 Å². The first-order chi connectivity index (χ1) is 11.2. The van der Waals surface area contributed by atoms with Crippen molar-refractivity contribution in [2.75, 3.05) is 20.2 Å². The molecule has 2 aliphatic rings. The van der Waals surface area contributed by atoms with Gasteiger partial charge in [0.1, 0.15) is 5.75 Å². The van der Waals surface area contributed by atoms with Crippen LogP contribution in [0, 0.1) is 11.8 Å². The minimum absolute atomic E-state index is 0.145. The molecule has 1 N–H and O–H groups in total. The first-order valence-corrected chi connectivity index (χ1v) is 8.77. The second kappa shape index (κ2) is 7.35. The fourth-order valence-corrected chi connectivity index (χ4v) is 3.92. The normalized spacial score (nSPS) is 25.6. The maximum absolute atomic E-state index is 12.5. The van der Waals surface area contributed by atoms with E-state index >= 15 is 0 Å². The molecule has 1 saturated carbocycles. The molecule has 1 aliphatic carbocycles. The van der Waals surface area contributed by atoms with Gasteiger partial charge in [-0.1, -0.05) is 12.1 Å². The van der Waals surface area contributed by atoms with E-state index in [9.17, 15) is 9.90 Å². The maximum Gasteiger partial charge on any atom is 0.228 e. The second-order valence-corrected chi connectivity index (χ2v) is 6.93. The quantitative estimate of drug-likeness (QED) is 0.929. The van der Waals surface area contributed by atoms with Gasteiger partial charge in [0.2, 0.25) is 5.91 Å². The number of hydrogen-bond donors (Lipinski definition) is 1. The van der Waals surface area contributed by atoms with E-state index in [0.29, 0.717) is 5.92 Å². The molecule has 0 spiro atoms. The Bertz CT molecular complexity index is 520. The van der Waals surface area contributed by atoms with Crippen molar-refractivity contribution in [3.63, 3.8) is 0 Å².